The van der Waals surface area contributed by atoms with Gasteiger partial charge in [0, 0.05) is 11.6 Å². The third-order valence-corrected chi connectivity index (χ3v) is 3.22. The smallest absolute Gasteiger partial charge is 0.109 e. The number of nitrogens with zero attached hydrogens (tertiary/aromatic N) is 2. The van der Waals surface area contributed by atoms with Gasteiger partial charge in [-0.15, -0.1) is 11.3 Å². The third-order valence-electron chi connectivity index (χ3n) is 2.33. The van der Waals surface area contributed by atoms with Crippen LogP contribution in [0.3, 0.4) is 0 Å². The number of hydrogen-bond acceptors (Lipinski definition) is 4. The van der Waals surface area contributed by atoms with Crippen LogP contribution in [0.15, 0.2) is 11.6 Å². The van der Waals surface area contributed by atoms with E-state index < -0.39 is 0 Å². The molecule has 0 spiro atoms. The average molecular weight is 227 g/mol. The van der Waals surface area contributed by atoms with Crippen molar-refractivity contribution in [1.29, 1.82) is 0 Å². The fraction of sp³-hybridized carbons (Fsp3) is 0.727. The minimum Gasteiger partial charge on any atom is -0.309 e. The first kappa shape index (κ1) is 12.6. The largest absolute Gasteiger partial charge is 0.309 e. The van der Waals surface area contributed by atoms with Crippen LogP contribution in [0.1, 0.15) is 30.8 Å². The topological polar surface area (TPSA) is 28.2 Å². The van der Waals surface area contributed by atoms with E-state index in [0.29, 0.717) is 6.04 Å². The predicted octanol–water partition coefficient (Wildman–Crippen LogP) is 2.14. The van der Waals surface area contributed by atoms with Gasteiger partial charge in [0.15, 0.2) is 0 Å². The van der Waals surface area contributed by atoms with Crippen molar-refractivity contribution in [1.82, 2.24) is 15.2 Å². The zero-order valence-electron chi connectivity index (χ0n) is 9.86. The van der Waals surface area contributed by atoms with Crippen molar-refractivity contribution >= 4 is 11.3 Å². The zero-order chi connectivity index (χ0) is 11.1. The molecule has 86 valence electrons. The molecule has 15 heavy (non-hydrogen) atoms. The summed E-state index contributed by atoms with van der Waals surface area (Å²) in [7, 11) is 4.22. The van der Waals surface area contributed by atoms with E-state index in [1.54, 1.807) is 11.3 Å². The highest BCUT2D eigenvalue weighted by Gasteiger charge is 2.09. The molecule has 0 fully saturated rings. The number of aromatic nitrogens is 1. The van der Waals surface area contributed by atoms with Gasteiger partial charge >= 0.3 is 0 Å². The minimum absolute atomic E-state index is 0.437. The molecule has 1 atom stereocenters. The van der Waals surface area contributed by atoms with E-state index in [0.717, 1.165) is 19.5 Å². The Balaban J connectivity index is 2.23. The summed E-state index contributed by atoms with van der Waals surface area (Å²) in [5.41, 5.74) is 0. The lowest BCUT2D eigenvalue weighted by Crippen LogP contribution is -2.25. The molecular weight excluding hydrogens is 206 g/mol. The molecule has 1 rings (SSSR count). The Morgan fingerprint density at radius 3 is 2.87 bits per heavy atom. The Hall–Kier alpha value is -0.450. The van der Waals surface area contributed by atoms with Crippen molar-refractivity contribution in [2.24, 2.45) is 0 Å². The van der Waals surface area contributed by atoms with Crippen molar-refractivity contribution < 1.29 is 0 Å². The van der Waals surface area contributed by atoms with Crippen LogP contribution in [-0.2, 0) is 0 Å². The van der Waals surface area contributed by atoms with Crippen LogP contribution in [-0.4, -0.2) is 37.1 Å². The summed E-state index contributed by atoms with van der Waals surface area (Å²) in [6, 6.07) is 0.437. The van der Waals surface area contributed by atoms with Gasteiger partial charge in [-0.3, -0.25) is 0 Å². The Morgan fingerprint density at radius 2 is 2.33 bits per heavy atom. The summed E-state index contributed by atoms with van der Waals surface area (Å²) in [6.07, 6.45) is 4.18. The lowest BCUT2D eigenvalue weighted by Gasteiger charge is -2.15. The molecule has 0 aliphatic rings. The normalized spacial score (nSPS) is 13.3. The van der Waals surface area contributed by atoms with Crippen molar-refractivity contribution in [2.75, 3.05) is 27.2 Å². The summed E-state index contributed by atoms with van der Waals surface area (Å²) in [4.78, 5) is 6.56. The quantitative estimate of drug-likeness (QED) is 0.723. The summed E-state index contributed by atoms with van der Waals surface area (Å²) >= 11 is 1.74. The number of thiazole rings is 1. The molecule has 1 unspecified atom stereocenters. The lowest BCUT2D eigenvalue weighted by molar-refractivity contribution is 0.385. The van der Waals surface area contributed by atoms with E-state index >= 15 is 0 Å². The Bertz CT molecular complexity index is 246. The molecule has 1 N–H and O–H groups in total. The first-order valence-electron chi connectivity index (χ1n) is 5.51. The highest BCUT2D eigenvalue weighted by Crippen LogP contribution is 2.18. The van der Waals surface area contributed by atoms with E-state index in [2.05, 4.69) is 36.2 Å². The van der Waals surface area contributed by atoms with Gasteiger partial charge in [0.2, 0.25) is 0 Å². The van der Waals surface area contributed by atoms with Gasteiger partial charge < -0.3 is 10.2 Å². The molecule has 1 aromatic heterocycles. The second kappa shape index (κ2) is 6.93. The van der Waals surface area contributed by atoms with Gasteiger partial charge in [-0.05, 0) is 40.0 Å². The van der Waals surface area contributed by atoms with Gasteiger partial charge in [0.05, 0.1) is 6.04 Å². The fourth-order valence-electron chi connectivity index (χ4n) is 1.48. The monoisotopic (exact) mass is 227 g/mol. The fourth-order valence-corrected chi connectivity index (χ4v) is 2.28. The predicted molar refractivity (Wildman–Crippen MR) is 66.3 cm³/mol. The van der Waals surface area contributed by atoms with Crippen LogP contribution in [0.5, 0.6) is 0 Å². The second-order valence-corrected chi connectivity index (χ2v) is 4.87. The van der Waals surface area contributed by atoms with Crippen LogP contribution in [0.2, 0.25) is 0 Å². The van der Waals surface area contributed by atoms with E-state index in [1.807, 2.05) is 11.6 Å². The Labute approximate surface area is 96.5 Å². The first-order valence-corrected chi connectivity index (χ1v) is 6.39. The molecule has 1 aromatic rings. The molecule has 0 bridgehead atoms. The molecule has 3 nitrogen and oxygen atoms in total. The van der Waals surface area contributed by atoms with Crippen molar-refractivity contribution in [3.8, 4) is 0 Å². The third kappa shape index (κ3) is 4.73. The molecule has 0 aliphatic carbocycles. The summed E-state index contributed by atoms with van der Waals surface area (Å²) in [5.74, 6) is 0. The molecule has 1 heterocycles. The maximum absolute atomic E-state index is 4.35. The number of hydrogen-bond donors (Lipinski definition) is 1. The van der Waals surface area contributed by atoms with Crippen molar-refractivity contribution in [3.05, 3.63) is 16.6 Å². The van der Waals surface area contributed by atoms with Crippen LogP contribution >= 0.6 is 11.3 Å². The Kier molecular flexibility index (Phi) is 5.83. The summed E-state index contributed by atoms with van der Waals surface area (Å²) < 4.78 is 0. The Morgan fingerprint density at radius 1 is 1.53 bits per heavy atom. The first-order chi connectivity index (χ1) is 7.24. The molecular formula is C11H21N3S. The van der Waals surface area contributed by atoms with E-state index in [-0.39, 0.29) is 0 Å². The molecule has 0 aromatic carbocycles. The maximum atomic E-state index is 4.35. The minimum atomic E-state index is 0.437. The molecule has 4 heteroatoms. The summed E-state index contributed by atoms with van der Waals surface area (Å²) in [5, 5.41) is 6.80. The van der Waals surface area contributed by atoms with Gasteiger partial charge in [-0.25, -0.2) is 4.98 Å². The standard InChI is InChI=1S/C11H21N3S/c1-4-10(11-13-7-9-15-11)12-6-5-8-14(2)3/h7,9-10,12H,4-6,8H2,1-3H3. The summed E-state index contributed by atoms with van der Waals surface area (Å²) in [6.45, 7) is 4.41. The molecule has 0 amide bonds. The maximum Gasteiger partial charge on any atom is 0.109 e. The molecule has 0 saturated heterocycles. The highest BCUT2D eigenvalue weighted by atomic mass is 32.1. The highest BCUT2D eigenvalue weighted by molar-refractivity contribution is 7.09. The van der Waals surface area contributed by atoms with Gasteiger partial charge in [-0.1, -0.05) is 6.92 Å². The van der Waals surface area contributed by atoms with Gasteiger partial charge in [0.1, 0.15) is 5.01 Å². The van der Waals surface area contributed by atoms with Crippen LogP contribution in [0.4, 0.5) is 0 Å². The molecule has 0 saturated carbocycles. The second-order valence-electron chi connectivity index (χ2n) is 3.94. The van der Waals surface area contributed by atoms with Crippen molar-refractivity contribution in [2.45, 2.75) is 25.8 Å². The SMILES string of the molecule is CCC(NCCCN(C)C)c1nccs1. The molecule has 0 radical (unpaired) electrons. The zero-order valence-corrected chi connectivity index (χ0v) is 10.7. The van der Waals surface area contributed by atoms with Crippen molar-refractivity contribution in [3.63, 3.8) is 0 Å². The van der Waals surface area contributed by atoms with Gasteiger partial charge in [0.25, 0.3) is 0 Å². The lowest BCUT2D eigenvalue weighted by atomic mass is 10.2. The van der Waals surface area contributed by atoms with Crippen LogP contribution < -0.4 is 5.32 Å². The van der Waals surface area contributed by atoms with E-state index in [1.165, 1.54) is 11.4 Å². The number of nitrogens with one attached hydrogen (secondary N) is 1. The van der Waals surface area contributed by atoms with E-state index in [4.69, 9.17) is 0 Å². The average Bonchev–Trinajstić information content (AvgIpc) is 2.70. The van der Waals surface area contributed by atoms with Gasteiger partial charge in [-0.2, -0.15) is 0 Å². The van der Waals surface area contributed by atoms with Crippen LogP contribution in [0, 0.1) is 0 Å². The van der Waals surface area contributed by atoms with Crippen LogP contribution in [0.25, 0.3) is 0 Å². The number of rotatable bonds is 7. The molecule has 0 aliphatic heterocycles. The van der Waals surface area contributed by atoms with E-state index in [9.17, 15) is 0 Å².